The Morgan fingerprint density at radius 2 is 2.18 bits per heavy atom. The highest BCUT2D eigenvalue weighted by Gasteiger charge is 2.22. The van der Waals surface area contributed by atoms with Gasteiger partial charge in [-0.1, -0.05) is 0 Å². The summed E-state index contributed by atoms with van der Waals surface area (Å²) in [6, 6.07) is 6.66. The van der Waals surface area contributed by atoms with Gasteiger partial charge in [0.15, 0.2) is 0 Å². The van der Waals surface area contributed by atoms with Crippen molar-refractivity contribution in [2.45, 2.75) is 18.6 Å². The molecular weight excluding hydrogens is 223 g/mol. The summed E-state index contributed by atoms with van der Waals surface area (Å²) in [6.45, 7) is 1.07. The van der Waals surface area contributed by atoms with E-state index >= 15 is 0 Å². The first-order valence-electron chi connectivity index (χ1n) is 5.60. The Morgan fingerprint density at radius 3 is 2.71 bits per heavy atom. The van der Waals surface area contributed by atoms with E-state index in [0.29, 0.717) is 19.5 Å². The normalized spacial score (nSPS) is 23.6. The van der Waals surface area contributed by atoms with Gasteiger partial charge in [-0.3, -0.25) is 0 Å². The molecule has 0 aromatic heterocycles. The molecule has 92 valence electrons. The van der Waals surface area contributed by atoms with Gasteiger partial charge in [0, 0.05) is 24.8 Å². The maximum Gasteiger partial charge on any atom is 0.335 e. The van der Waals surface area contributed by atoms with Crippen LogP contribution in [0.15, 0.2) is 24.3 Å². The molecular formula is C12H15FN2O2. The highest BCUT2D eigenvalue weighted by atomic mass is 19.1. The van der Waals surface area contributed by atoms with Crippen LogP contribution in [0.4, 0.5) is 10.1 Å². The van der Waals surface area contributed by atoms with E-state index in [0.717, 1.165) is 5.69 Å². The summed E-state index contributed by atoms with van der Waals surface area (Å²) < 4.78 is 12.9. The lowest BCUT2D eigenvalue weighted by Crippen LogP contribution is -2.29. The molecule has 0 bridgehead atoms. The van der Waals surface area contributed by atoms with E-state index in [1.54, 1.807) is 24.3 Å². The number of carboxylic acids is 1. The zero-order chi connectivity index (χ0) is 12.3. The van der Waals surface area contributed by atoms with Crippen LogP contribution < -0.4 is 10.6 Å². The van der Waals surface area contributed by atoms with Crippen molar-refractivity contribution in [2.24, 2.45) is 0 Å². The van der Waals surface area contributed by atoms with Crippen molar-refractivity contribution in [3.63, 3.8) is 0 Å². The molecule has 4 nitrogen and oxygen atoms in total. The second-order valence-corrected chi connectivity index (χ2v) is 4.20. The molecule has 0 amide bonds. The number of carboxylic acid groups (broad SMARTS) is 1. The molecule has 0 unspecified atom stereocenters. The van der Waals surface area contributed by atoms with Crippen LogP contribution in [0, 0.1) is 0 Å². The Hall–Kier alpha value is -1.62. The lowest BCUT2D eigenvalue weighted by atomic mass is 10.2. The van der Waals surface area contributed by atoms with E-state index in [9.17, 15) is 9.18 Å². The van der Waals surface area contributed by atoms with Gasteiger partial charge in [-0.05, 0) is 30.7 Å². The van der Waals surface area contributed by atoms with E-state index in [4.69, 9.17) is 5.11 Å². The third-order valence-electron chi connectivity index (χ3n) is 2.85. The maximum absolute atomic E-state index is 12.9. The van der Waals surface area contributed by atoms with Crippen LogP contribution in [0.3, 0.4) is 0 Å². The highest BCUT2D eigenvalue weighted by molar-refractivity contribution is 5.87. The molecule has 3 N–H and O–H groups in total. The van der Waals surface area contributed by atoms with Crippen LogP contribution in [0.1, 0.15) is 16.8 Å². The van der Waals surface area contributed by atoms with Crippen LogP contribution in [0.2, 0.25) is 0 Å². The summed E-state index contributed by atoms with van der Waals surface area (Å²) >= 11 is 0. The first-order valence-corrected chi connectivity index (χ1v) is 5.60. The summed E-state index contributed by atoms with van der Waals surface area (Å²) in [7, 11) is 0. The predicted octanol–water partition coefficient (Wildman–Crippen LogP) is 1.50. The van der Waals surface area contributed by atoms with Gasteiger partial charge >= 0.3 is 5.97 Å². The lowest BCUT2D eigenvalue weighted by molar-refractivity contribution is 0.0697. The summed E-state index contributed by atoms with van der Waals surface area (Å²) in [5.41, 5.74) is 1.11. The Kier molecular flexibility index (Phi) is 3.58. The van der Waals surface area contributed by atoms with Gasteiger partial charge in [0.2, 0.25) is 0 Å². The number of hydrogen-bond acceptors (Lipinski definition) is 3. The summed E-state index contributed by atoms with van der Waals surface area (Å²) in [4.78, 5) is 10.6. The predicted molar refractivity (Wildman–Crippen MR) is 63.2 cm³/mol. The van der Waals surface area contributed by atoms with Crippen molar-refractivity contribution in [3.05, 3.63) is 29.8 Å². The molecule has 1 aromatic rings. The number of carbonyl (C=O) groups is 1. The fraction of sp³-hybridized carbons (Fsp3) is 0.417. The van der Waals surface area contributed by atoms with Gasteiger partial charge in [0.05, 0.1) is 5.56 Å². The average molecular weight is 238 g/mol. The van der Waals surface area contributed by atoms with Gasteiger partial charge in [-0.25, -0.2) is 9.18 Å². The zero-order valence-corrected chi connectivity index (χ0v) is 9.32. The second kappa shape index (κ2) is 5.14. The molecule has 1 fully saturated rings. The van der Waals surface area contributed by atoms with Crippen LogP contribution in [-0.4, -0.2) is 36.4 Å². The standard InChI is InChI=1S/C12H15FN2O2/c13-9-5-11(14-6-9)7-15-10-3-1-8(2-4-10)12(16)17/h1-4,9,11,14-15H,5-7H2,(H,16,17)/t9-,11-/m0/s1. The Bertz CT molecular complexity index is 394. The largest absolute Gasteiger partial charge is 0.478 e. The molecule has 0 aliphatic carbocycles. The number of anilines is 1. The zero-order valence-electron chi connectivity index (χ0n) is 9.32. The number of aromatic carboxylic acids is 1. The van der Waals surface area contributed by atoms with Gasteiger partial charge in [-0.2, -0.15) is 0 Å². The molecule has 0 saturated carbocycles. The average Bonchev–Trinajstić information content (AvgIpc) is 2.73. The van der Waals surface area contributed by atoms with Crippen molar-refractivity contribution in [1.29, 1.82) is 0 Å². The molecule has 2 atom stereocenters. The van der Waals surface area contributed by atoms with Gasteiger partial charge in [0.1, 0.15) is 6.17 Å². The topological polar surface area (TPSA) is 61.4 Å². The van der Waals surface area contributed by atoms with Crippen LogP contribution >= 0.6 is 0 Å². The van der Waals surface area contributed by atoms with Crippen molar-refractivity contribution >= 4 is 11.7 Å². The minimum absolute atomic E-state index is 0.143. The molecule has 2 rings (SSSR count). The summed E-state index contributed by atoms with van der Waals surface area (Å²) in [5, 5.41) is 15.0. The summed E-state index contributed by atoms with van der Waals surface area (Å²) in [5.74, 6) is -0.936. The first-order chi connectivity index (χ1) is 8.15. The lowest BCUT2D eigenvalue weighted by Gasteiger charge is -2.12. The molecule has 1 aromatic carbocycles. The molecule has 5 heteroatoms. The van der Waals surface area contributed by atoms with Crippen molar-refractivity contribution in [1.82, 2.24) is 5.32 Å². The Balaban J connectivity index is 1.85. The molecule has 1 aliphatic heterocycles. The smallest absolute Gasteiger partial charge is 0.335 e. The Labute approximate surface area is 98.8 Å². The molecule has 1 saturated heterocycles. The molecule has 0 radical (unpaired) electrons. The first kappa shape index (κ1) is 11.9. The van der Waals surface area contributed by atoms with Crippen molar-refractivity contribution in [3.8, 4) is 0 Å². The number of hydrogen-bond donors (Lipinski definition) is 3. The van der Waals surface area contributed by atoms with Crippen LogP contribution in [0.25, 0.3) is 0 Å². The van der Waals surface area contributed by atoms with Gasteiger partial charge < -0.3 is 15.7 Å². The molecule has 17 heavy (non-hydrogen) atoms. The SMILES string of the molecule is O=C(O)c1ccc(NC[C@@H]2C[C@H](F)CN2)cc1. The van der Waals surface area contributed by atoms with E-state index in [-0.39, 0.29) is 11.6 Å². The van der Waals surface area contributed by atoms with Gasteiger partial charge in [0.25, 0.3) is 0 Å². The number of alkyl halides is 1. The maximum atomic E-state index is 12.9. The Morgan fingerprint density at radius 1 is 1.47 bits per heavy atom. The van der Waals surface area contributed by atoms with Crippen LogP contribution in [0.5, 0.6) is 0 Å². The van der Waals surface area contributed by atoms with E-state index in [1.165, 1.54) is 0 Å². The van der Waals surface area contributed by atoms with Crippen LogP contribution in [-0.2, 0) is 0 Å². The second-order valence-electron chi connectivity index (χ2n) is 4.20. The van der Waals surface area contributed by atoms with E-state index in [2.05, 4.69) is 10.6 Å². The van der Waals surface area contributed by atoms with Crippen molar-refractivity contribution < 1.29 is 14.3 Å². The highest BCUT2D eigenvalue weighted by Crippen LogP contribution is 2.13. The third-order valence-corrected chi connectivity index (χ3v) is 2.85. The molecule has 1 heterocycles. The van der Waals surface area contributed by atoms with E-state index < -0.39 is 12.1 Å². The minimum atomic E-state index is -0.936. The number of rotatable bonds is 4. The fourth-order valence-corrected chi connectivity index (χ4v) is 1.90. The quantitative estimate of drug-likeness (QED) is 0.744. The summed E-state index contributed by atoms with van der Waals surface area (Å²) in [6.07, 6.45) is -0.226. The number of halogens is 1. The number of nitrogens with one attached hydrogen (secondary N) is 2. The van der Waals surface area contributed by atoms with Crippen molar-refractivity contribution in [2.75, 3.05) is 18.4 Å². The molecule has 0 spiro atoms. The molecule has 1 aliphatic rings. The van der Waals surface area contributed by atoms with E-state index in [1.807, 2.05) is 0 Å². The minimum Gasteiger partial charge on any atom is -0.478 e. The van der Waals surface area contributed by atoms with Gasteiger partial charge in [-0.15, -0.1) is 0 Å². The number of benzene rings is 1. The fourth-order valence-electron chi connectivity index (χ4n) is 1.90. The third kappa shape index (κ3) is 3.17. The monoisotopic (exact) mass is 238 g/mol.